The Hall–Kier alpha value is -2.04. The molecule has 0 saturated heterocycles. The van der Waals surface area contributed by atoms with Gasteiger partial charge >= 0.3 is 5.97 Å². The van der Waals surface area contributed by atoms with E-state index in [1.54, 1.807) is 24.3 Å². The molecule has 1 saturated carbocycles. The van der Waals surface area contributed by atoms with Gasteiger partial charge in [0.25, 0.3) is 5.91 Å². The smallest absolute Gasteiger partial charge is 0.308 e. The van der Waals surface area contributed by atoms with Crippen molar-refractivity contribution in [2.75, 3.05) is 7.11 Å². The number of aliphatic carboxylic acids is 1. The van der Waals surface area contributed by atoms with Crippen LogP contribution in [0.5, 0.6) is 5.75 Å². The molecule has 102 valence electrons. The first-order valence-corrected chi connectivity index (χ1v) is 6.30. The van der Waals surface area contributed by atoms with Crippen LogP contribution >= 0.6 is 0 Å². The predicted octanol–water partition coefficient (Wildman–Crippen LogP) is 1.68. The molecular weight excluding hydrogens is 246 g/mol. The summed E-state index contributed by atoms with van der Waals surface area (Å²) in [5, 5.41) is 11.9. The molecule has 1 aromatic rings. The maximum Gasteiger partial charge on any atom is 0.308 e. The first kappa shape index (κ1) is 13.4. The summed E-state index contributed by atoms with van der Waals surface area (Å²) < 4.78 is 5.13. The number of amides is 1. The topological polar surface area (TPSA) is 75.6 Å². The van der Waals surface area contributed by atoms with Crippen LogP contribution in [-0.2, 0) is 4.79 Å². The van der Waals surface area contributed by atoms with Crippen LogP contribution in [0, 0.1) is 5.92 Å². The summed E-state index contributed by atoms with van der Waals surface area (Å²) in [7, 11) is 1.50. The van der Waals surface area contributed by atoms with Gasteiger partial charge in [0.05, 0.1) is 18.6 Å². The lowest BCUT2D eigenvalue weighted by Crippen LogP contribution is -2.40. The number of methoxy groups -OCH3 is 1. The lowest BCUT2D eigenvalue weighted by Gasteiger charge is -2.18. The van der Waals surface area contributed by atoms with E-state index >= 15 is 0 Å². The van der Waals surface area contributed by atoms with Gasteiger partial charge in [0.15, 0.2) is 0 Å². The Labute approximate surface area is 111 Å². The zero-order valence-corrected chi connectivity index (χ0v) is 10.8. The van der Waals surface area contributed by atoms with Crippen LogP contribution in [0.2, 0.25) is 0 Å². The third-order valence-corrected chi connectivity index (χ3v) is 3.50. The molecule has 5 heteroatoms. The minimum absolute atomic E-state index is 0.282. The molecule has 0 aliphatic heterocycles. The fraction of sp³-hybridized carbons (Fsp3) is 0.429. The molecule has 1 aromatic carbocycles. The Kier molecular flexibility index (Phi) is 4.04. The molecule has 0 bridgehead atoms. The van der Waals surface area contributed by atoms with E-state index in [0.29, 0.717) is 24.2 Å². The number of ether oxygens (including phenoxy) is 1. The zero-order chi connectivity index (χ0) is 13.8. The lowest BCUT2D eigenvalue weighted by atomic mass is 10.0. The van der Waals surface area contributed by atoms with Crippen molar-refractivity contribution >= 4 is 11.9 Å². The zero-order valence-electron chi connectivity index (χ0n) is 10.8. The molecule has 2 N–H and O–H groups in total. The summed E-state index contributed by atoms with van der Waals surface area (Å²) in [5.74, 6) is -1.12. The van der Waals surface area contributed by atoms with Gasteiger partial charge in [0, 0.05) is 6.04 Å². The highest BCUT2D eigenvalue weighted by Crippen LogP contribution is 2.27. The summed E-state index contributed by atoms with van der Waals surface area (Å²) in [6.45, 7) is 0. The monoisotopic (exact) mass is 263 g/mol. The minimum Gasteiger partial charge on any atom is -0.496 e. The summed E-state index contributed by atoms with van der Waals surface area (Å²) >= 11 is 0. The van der Waals surface area contributed by atoms with Crippen LogP contribution in [0.25, 0.3) is 0 Å². The van der Waals surface area contributed by atoms with Gasteiger partial charge in [-0.2, -0.15) is 0 Å². The Morgan fingerprint density at radius 1 is 1.32 bits per heavy atom. The van der Waals surface area contributed by atoms with E-state index in [-0.39, 0.29) is 11.9 Å². The number of carbonyl (C=O) groups excluding carboxylic acids is 1. The standard InChI is InChI=1S/C14H17NO4/c1-19-12-8-3-2-5-10(12)13(16)15-11-7-4-6-9(11)14(17)18/h2-3,5,8-9,11H,4,6-7H2,1H3,(H,15,16)(H,17,18)/t9-,11+/m1/s1. The van der Waals surface area contributed by atoms with Crippen molar-refractivity contribution in [2.45, 2.75) is 25.3 Å². The van der Waals surface area contributed by atoms with Crippen LogP contribution in [0.4, 0.5) is 0 Å². The second kappa shape index (κ2) is 5.73. The molecule has 2 atom stereocenters. The average molecular weight is 263 g/mol. The first-order chi connectivity index (χ1) is 9.13. The van der Waals surface area contributed by atoms with Crippen molar-refractivity contribution in [3.63, 3.8) is 0 Å². The number of benzene rings is 1. The van der Waals surface area contributed by atoms with Crippen LogP contribution in [0.3, 0.4) is 0 Å². The van der Waals surface area contributed by atoms with Crippen LogP contribution in [0.1, 0.15) is 29.6 Å². The van der Waals surface area contributed by atoms with Crippen molar-refractivity contribution in [3.05, 3.63) is 29.8 Å². The Bertz CT molecular complexity index is 486. The van der Waals surface area contributed by atoms with Gasteiger partial charge in [-0.15, -0.1) is 0 Å². The average Bonchev–Trinajstić information content (AvgIpc) is 2.87. The van der Waals surface area contributed by atoms with Gasteiger partial charge in [0.2, 0.25) is 0 Å². The van der Waals surface area contributed by atoms with Gasteiger partial charge < -0.3 is 15.2 Å². The van der Waals surface area contributed by atoms with Crippen LogP contribution in [0.15, 0.2) is 24.3 Å². The molecule has 19 heavy (non-hydrogen) atoms. The highest BCUT2D eigenvalue weighted by Gasteiger charge is 2.34. The van der Waals surface area contributed by atoms with Gasteiger partial charge in [-0.25, -0.2) is 0 Å². The van der Waals surface area contributed by atoms with Crippen molar-refractivity contribution in [1.29, 1.82) is 0 Å². The number of rotatable bonds is 4. The van der Waals surface area contributed by atoms with Gasteiger partial charge in [-0.1, -0.05) is 18.6 Å². The van der Waals surface area contributed by atoms with Crippen molar-refractivity contribution in [3.8, 4) is 5.75 Å². The first-order valence-electron chi connectivity index (χ1n) is 6.30. The van der Waals surface area contributed by atoms with E-state index < -0.39 is 11.9 Å². The molecule has 1 fully saturated rings. The van der Waals surface area contributed by atoms with Gasteiger partial charge in [-0.05, 0) is 25.0 Å². The lowest BCUT2D eigenvalue weighted by molar-refractivity contribution is -0.142. The molecule has 5 nitrogen and oxygen atoms in total. The van der Waals surface area contributed by atoms with Crippen LogP contribution < -0.4 is 10.1 Å². The molecule has 1 aliphatic carbocycles. The summed E-state index contributed by atoms with van der Waals surface area (Å²) in [4.78, 5) is 23.2. The number of carboxylic acid groups (broad SMARTS) is 1. The number of para-hydroxylation sites is 1. The van der Waals surface area contributed by atoms with E-state index in [0.717, 1.165) is 6.42 Å². The van der Waals surface area contributed by atoms with Gasteiger partial charge in [-0.3, -0.25) is 9.59 Å². The fourth-order valence-electron chi connectivity index (χ4n) is 2.51. The molecule has 0 spiro atoms. The third-order valence-electron chi connectivity index (χ3n) is 3.50. The molecule has 0 heterocycles. The van der Waals surface area contributed by atoms with Gasteiger partial charge in [0.1, 0.15) is 5.75 Å². The molecule has 1 amide bonds. The number of carbonyl (C=O) groups is 2. The van der Waals surface area contributed by atoms with E-state index in [4.69, 9.17) is 9.84 Å². The van der Waals surface area contributed by atoms with E-state index in [1.807, 2.05) is 0 Å². The Morgan fingerprint density at radius 3 is 2.74 bits per heavy atom. The summed E-state index contributed by atoms with van der Waals surface area (Å²) in [6.07, 6.45) is 2.15. The molecule has 0 aromatic heterocycles. The molecule has 0 unspecified atom stereocenters. The summed E-state index contributed by atoms with van der Waals surface area (Å²) in [6, 6.07) is 6.61. The second-order valence-electron chi connectivity index (χ2n) is 4.66. The SMILES string of the molecule is COc1ccccc1C(=O)N[C@H]1CCC[C@H]1C(=O)O. The molecule has 0 radical (unpaired) electrons. The summed E-state index contributed by atoms with van der Waals surface area (Å²) in [5.41, 5.74) is 0.432. The second-order valence-corrected chi connectivity index (χ2v) is 4.66. The van der Waals surface area contributed by atoms with Crippen LogP contribution in [-0.4, -0.2) is 30.1 Å². The number of hydrogen-bond acceptors (Lipinski definition) is 3. The third kappa shape index (κ3) is 2.86. The van der Waals surface area contributed by atoms with Crippen molar-refractivity contribution in [2.24, 2.45) is 5.92 Å². The predicted molar refractivity (Wildman–Crippen MR) is 69.2 cm³/mol. The fourth-order valence-corrected chi connectivity index (χ4v) is 2.51. The normalized spacial score (nSPS) is 21.9. The maximum absolute atomic E-state index is 12.2. The largest absolute Gasteiger partial charge is 0.496 e. The number of hydrogen-bond donors (Lipinski definition) is 2. The van der Waals surface area contributed by atoms with E-state index in [9.17, 15) is 9.59 Å². The van der Waals surface area contributed by atoms with E-state index in [1.165, 1.54) is 7.11 Å². The Morgan fingerprint density at radius 2 is 2.05 bits per heavy atom. The van der Waals surface area contributed by atoms with E-state index in [2.05, 4.69) is 5.32 Å². The highest BCUT2D eigenvalue weighted by atomic mass is 16.5. The quantitative estimate of drug-likeness (QED) is 0.866. The number of carboxylic acids is 1. The Balaban J connectivity index is 2.10. The minimum atomic E-state index is -0.845. The number of nitrogens with one attached hydrogen (secondary N) is 1. The van der Waals surface area contributed by atoms with Crippen molar-refractivity contribution in [1.82, 2.24) is 5.32 Å². The molecule has 2 rings (SSSR count). The highest BCUT2D eigenvalue weighted by molar-refractivity contribution is 5.97. The molecular formula is C14H17NO4. The maximum atomic E-state index is 12.2. The molecule has 1 aliphatic rings. The van der Waals surface area contributed by atoms with Crippen molar-refractivity contribution < 1.29 is 19.4 Å².